The molecule has 3 aromatic rings. The maximum Gasteiger partial charge on any atom is 0.265 e. The summed E-state index contributed by atoms with van der Waals surface area (Å²) in [4.78, 5) is 37.7. The third-order valence-corrected chi connectivity index (χ3v) is 3.44. The number of H-pyrrole nitrogens is 2. The van der Waals surface area contributed by atoms with Crippen molar-refractivity contribution in [3.05, 3.63) is 59.5 Å². The van der Waals surface area contributed by atoms with Gasteiger partial charge in [0.1, 0.15) is 23.0 Å². The summed E-state index contributed by atoms with van der Waals surface area (Å²) in [5, 5.41) is 0. The lowest BCUT2D eigenvalue weighted by molar-refractivity contribution is 0.0986. The largest absolute Gasteiger partial charge is 0.364 e. The van der Waals surface area contributed by atoms with Crippen LogP contribution in [0.2, 0.25) is 0 Å². The second-order valence-corrected chi connectivity index (χ2v) is 4.97. The molecule has 0 unspecified atom stereocenters. The van der Waals surface area contributed by atoms with Crippen LogP contribution in [0.1, 0.15) is 38.2 Å². The van der Waals surface area contributed by atoms with E-state index in [1.54, 1.807) is 30.9 Å². The highest BCUT2D eigenvalue weighted by molar-refractivity contribution is 5.98. The molecule has 9 heteroatoms. The van der Waals surface area contributed by atoms with Gasteiger partial charge >= 0.3 is 0 Å². The molecule has 3 aromatic heterocycles. The maximum atomic E-state index is 11.9. The van der Waals surface area contributed by atoms with Crippen LogP contribution in [-0.2, 0) is 13.0 Å². The fraction of sp³-hybridized carbons (Fsp3) is 0.143. The Labute approximate surface area is 130 Å². The number of nitrogens with two attached hydrogens (primary N) is 2. The van der Waals surface area contributed by atoms with E-state index in [-0.39, 0.29) is 17.9 Å². The first-order valence-corrected chi connectivity index (χ1v) is 6.84. The normalized spacial score (nSPS) is 10.8. The van der Waals surface area contributed by atoms with Crippen LogP contribution in [0.3, 0.4) is 0 Å². The van der Waals surface area contributed by atoms with Crippen molar-refractivity contribution < 1.29 is 9.59 Å². The van der Waals surface area contributed by atoms with Crippen molar-refractivity contribution >= 4 is 11.8 Å². The first-order chi connectivity index (χ1) is 11.1. The topological polar surface area (TPSA) is 148 Å². The van der Waals surface area contributed by atoms with Crippen LogP contribution in [0.4, 0.5) is 0 Å². The van der Waals surface area contributed by atoms with E-state index in [0.717, 1.165) is 0 Å². The van der Waals surface area contributed by atoms with Crippen molar-refractivity contribution in [2.45, 2.75) is 13.0 Å². The Morgan fingerprint density at radius 2 is 1.70 bits per heavy atom. The minimum atomic E-state index is -0.648. The number of amides is 2. The summed E-state index contributed by atoms with van der Waals surface area (Å²) in [5.41, 5.74) is 11.9. The molecule has 0 aromatic carbocycles. The molecule has 2 amide bonds. The van der Waals surface area contributed by atoms with E-state index in [9.17, 15) is 9.59 Å². The van der Waals surface area contributed by atoms with Crippen molar-refractivity contribution in [3.63, 3.8) is 0 Å². The molecule has 0 radical (unpaired) electrons. The number of imidazole rings is 2. The lowest BCUT2D eigenvalue weighted by Gasteiger charge is -2.09. The van der Waals surface area contributed by atoms with Gasteiger partial charge in [0.05, 0.1) is 6.54 Å². The number of primary amides is 2. The van der Waals surface area contributed by atoms with Crippen molar-refractivity contribution in [2.24, 2.45) is 11.5 Å². The SMILES string of the molecule is NC(=O)c1cc(Cc2ncc[nH]2)c(C(N)=O)n1Cc1ncc[nH]1. The second-order valence-electron chi connectivity index (χ2n) is 4.97. The smallest absolute Gasteiger partial charge is 0.265 e. The number of hydrogen-bond acceptors (Lipinski definition) is 4. The predicted molar refractivity (Wildman–Crippen MR) is 80.6 cm³/mol. The average Bonchev–Trinajstić information content (AvgIpc) is 3.20. The van der Waals surface area contributed by atoms with Crippen LogP contribution < -0.4 is 11.5 Å². The number of nitrogens with one attached hydrogen (secondary N) is 2. The number of carbonyl (C=O) groups is 2. The van der Waals surface area contributed by atoms with E-state index in [1.807, 2.05) is 0 Å². The van der Waals surface area contributed by atoms with Crippen LogP contribution in [0.5, 0.6) is 0 Å². The number of aromatic amines is 2. The lowest BCUT2D eigenvalue weighted by Crippen LogP contribution is -2.24. The zero-order valence-corrected chi connectivity index (χ0v) is 12.1. The van der Waals surface area contributed by atoms with E-state index >= 15 is 0 Å². The molecular weight excluding hydrogens is 298 g/mol. The van der Waals surface area contributed by atoms with Crippen molar-refractivity contribution in [1.29, 1.82) is 0 Å². The van der Waals surface area contributed by atoms with Gasteiger partial charge in [0.15, 0.2) is 0 Å². The van der Waals surface area contributed by atoms with Gasteiger partial charge in [-0.05, 0) is 11.6 Å². The van der Waals surface area contributed by atoms with Crippen LogP contribution in [0.15, 0.2) is 30.9 Å². The number of hydrogen-bond donors (Lipinski definition) is 4. The fourth-order valence-electron chi connectivity index (χ4n) is 2.51. The van der Waals surface area contributed by atoms with Crippen molar-refractivity contribution in [1.82, 2.24) is 24.5 Å². The Morgan fingerprint density at radius 3 is 2.22 bits per heavy atom. The van der Waals surface area contributed by atoms with Crippen LogP contribution >= 0.6 is 0 Å². The second kappa shape index (κ2) is 5.79. The minimum absolute atomic E-state index is 0.182. The van der Waals surface area contributed by atoms with E-state index in [4.69, 9.17) is 11.5 Å². The van der Waals surface area contributed by atoms with Crippen LogP contribution in [0.25, 0.3) is 0 Å². The van der Waals surface area contributed by atoms with Gasteiger partial charge in [-0.15, -0.1) is 0 Å². The highest BCUT2D eigenvalue weighted by Gasteiger charge is 2.23. The molecule has 3 heterocycles. The molecule has 0 fully saturated rings. The van der Waals surface area contributed by atoms with Gasteiger partial charge in [-0.3, -0.25) is 9.59 Å². The summed E-state index contributed by atoms with van der Waals surface area (Å²) >= 11 is 0. The summed E-state index contributed by atoms with van der Waals surface area (Å²) in [5.74, 6) is -0.0656. The van der Waals surface area contributed by atoms with E-state index < -0.39 is 11.8 Å². The Hall–Kier alpha value is -3.36. The van der Waals surface area contributed by atoms with Gasteiger partial charge in [-0.25, -0.2) is 9.97 Å². The standard InChI is InChI=1S/C14H15N7O2/c15-13(22)9-5-8(6-10-17-1-2-18-10)12(14(16)23)21(9)7-11-19-3-4-20-11/h1-5H,6-7H2,(H2,15,22)(H2,16,23)(H,17,18)(H,19,20). The lowest BCUT2D eigenvalue weighted by atomic mass is 10.1. The molecule has 6 N–H and O–H groups in total. The number of aromatic nitrogens is 5. The number of nitrogens with zero attached hydrogens (tertiary/aromatic N) is 3. The van der Waals surface area contributed by atoms with Gasteiger partial charge in [0.2, 0.25) is 0 Å². The summed E-state index contributed by atoms with van der Waals surface area (Å²) < 4.78 is 1.47. The summed E-state index contributed by atoms with van der Waals surface area (Å²) in [6.45, 7) is 0.182. The molecule has 0 saturated heterocycles. The third-order valence-electron chi connectivity index (χ3n) is 3.44. The zero-order chi connectivity index (χ0) is 16.4. The minimum Gasteiger partial charge on any atom is -0.364 e. The third kappa shape index (κ3) is 2.84. The molecule has 0 aliphatic rings. The van der Waals surface area contributed by atoms with Gasteiger partial charge < -0.3 is 26.0 Å². The van der Waals surface area contributed by atoms with Crippen LogP contribution in [-0.4, -0.2) is 36.3 Å². The summed E-state index contributed by atoms with van der Waals surface area (Å²) in [7, 11) is 0. The Morgan fingerprint density at radius 1 is 1.04 bits per heavy atom. The monoisotopic (exact) mass is 313 g/mol. The maximum absolute atomic E-state index is 11.9. The predicted octanol–water partition coefficient (Wildman–Crippen LogP) is -0.229. The highest BCUT2D eigenvalue weighted by Crippen LogP contribution is 2.19. The molecule has 23 heavy (non-hydrogen) atoms. The average molecular weight is 313 g/mol. The number of carbonyl (C=O) groups excluding carboxylic acids is 2. The zero-order valence-electron chi connectivity index (χ0n) is 12.1. The van der Waals surface area contributed by atoms with Gasteiger partial charge in [0, 0.05) is 31.2 Å². The van der Waals surface area contributed by atoms with Crippen LogP contribution in [0, 0.1) is 0 Å². The molecule has 9 nitrogen and oxygen atoms in total. The first-order valence-electron chi connectivity index (χ1n) is 6.84. The Balaban J connectivity index is 2.09. The van der Waals surface area contributed by atoms with E-state index in [2.05, 4.69) is 19.9 Å². The van der Waals surface area contributed by atoms with Crippen molar-refractivity contribution in [3.8, 4) is 0 Å². The molecule has 0 saturated carbocycles. The molecule has 3 rings (SSSR count). The fourth-order valence-corrected chi connectivity index (χ4v) is 2.51. The summed E-state index contributed by atoms with van der Waals surface area (Å²) in [6, 6.07) is 1.56. The van der Waals surface area contributed by atoms with Gasteiger partial charge in [-0.2, -0.15) is 0 Å². The van der Waals surface area contributed by atoms with Gasteiger partial charge in [0.25, 0.3) is 11.8 Å². The molecule has 0 aliphatic heterocycles. The molecule has 0 spiro atoms. The van der Waals surface area contributed by atoms with Gasteiger partial charge in [-0.1, -0.05) is 0 Å². The molecule has 0 aliphatic carbocycles. The Kier molecular flexibility index (Phi) is 3.67. The van der Waals surface area contributed by atoms with E-state index in [1.165, 1.54) is 4.57 Å². The van der Waals surface area contributed by atoms with E-state index in [0.29, 0.717) is 23.6 Å². The summed E-state index contributed by atoms with van der Waals surface area (Å²) in [6.07, 6.45) is 6.84. The first kappa shape index (κ1) is 14.6. The molecule has 0 bridgehead atoms. The Bertz CT molecular complexity index is 831. The number of rotatable bonds is 6. The quantitative estimate of drug-likeness (QED) is 0.497. The molecular formula is C14H15N7O2. The highest BCUT2D eigenvalue weighted by atomic mass is 16.2. The van der Waals surface area contributed by atoms with Crippen molar-refractivity contribution in [2.75, 3.05) is 0 Å². The molecule has 0 atom stereocenters. The molecule has 118 valence electrons.